The molecule has 0 fully saturated rings. The Kier molecular flexibility index (Phi) is 7.54. The first-order valence-electron chi connectivity index (χ1n) is 4.64. The molecule has 1 heterocycles. The summed E-state index contributed by atoms with van der Waals surface area (Å²) in [4.78, 5) is 8.06. The Bertz CT molecular complexity index is 534. The molecule has 7 nitrogen and oxygen atoms in total. The van der Waals surface area contributed by atoms with Gasteiger partial charge in [-0.2, -0.15) is 8.42 Å². The van der Waals surface area contributed by atoms with E-state index in [4.69, 9.17) is 15.3 Å². The molecule has 2 aromatic rings. The Balaban J connectivity index is 0.000000300. The molecule has 0 spiro atoms. The molecule has 0 aliphatic heterocycles. The van der Waals surface area contributed by atoms with Crippen molar-refractivity contribution in [2.45, 2.75) is 4.90 Å². The molecular formula is C10H10FNO6S. The normalized spacial score (nSPS) is 9.32. The second-order valence-corrected chi connectivity index (χ2v) is 4.13. The van der Waals surface area contributed by atoms with Crippen molar-refractivity contribution in [1.29, 1.82) is 0 Å². The first-order valence-corrected chi connectivity index (χ1v) is 6.02. The summed E-state index contributed by atoms with van der Waals surface area (Å²) in [5.74, 6) is 0. The van der Waals surface area contributed by atoms with Crippen molar-refractivity contribution in [1.82, 2.24) is 0 Å². The predicted molar refractivity (Wildman–Crippen MR) is 62.2 cm³/mol. The maximum Gasteiger partial charge on any atom is 0.332 e. The summed E-state index contributed by atoms with van der Waals surface area (Å²) < 4.78 is 37.0. The van der Waals surface area contributed by atoms with Crippen molar-refractivity contribution < 1.29 is 27.0 Å². The Labute approximate surface area is 108 Å². The molecule has 9 heteroatoms. The van der Waals surface area contributed by atoms with Crippen LogP contribution in [-0.2, 0) is 10.2 Å². The molecule has 0 saturated carbocycles. The van der Waals surface area contributed by atoms with Crippen LogP contribution in [0.1, 0.15) is 0 Å². The van der Waals surface area contributed by atoms with E-state index in [0.29, 0.717) is 0 Å². The Morgan fingerprint density at radius 3 is 1.74 bits per heavy atom. The summed E-state index contributed by atoms with van der Waals surface area (Å²) in [5.41, 5.74) is 0. The smallest absolute Gasteiger partial charge is 0.332 e. The van der Waals surface area contributed by atoms with Crippen molar-refractivity contribution >= 4 is 10.2 Å². The van der Waals surface area contributed by atoms with Crippen LogP contribution in [0, 0.1) is 10.1 Å². The zero-order valence-corrected chi connectivity index (χ0v) is 10.2. The molecule has 0 aliphatic rings. The van der Waals surface area contributed by atoms with Crippen molar-refractivity contribution in [2.75, 3.05) is 0 Å². The minimum absolute atomic E-state index is 0.296. The van der Waals surface area contributed by atoms with Gasteiger partial charge in [-0.1, -0.05) is 18.2 Å². The van der Waals surface area contributed by atoms with E-state index in [1.165, 1.54) is 24.3 Å². The van der Waals surface area contributed by atoms with Crippen LogP contribution in [-0.4, -0.2) is 18.7 Å². The maximum atomic E-state index is 12.1. The molecule has 19 heavy (non-hydrogen) atoms. The highest BCUT2D eigenvalue weighted by atomic mass is 32.3. The van der Waals surface area contributed by atoms with Gasteiger partial charge in [-0.3, -0.25) is 0 Å². The SMILES string of the molecule is O=S(=O)(F)c1ccccc1.O=[N+]([O-])O.c1ccoc1. The third-order valence-electron chi connectivity index (χ3n) is 1.45. The lowest BCUT2D eigenvalue weighted by Gasteiger charge is -1.89. The van der Waals surface area contributed by atoms with Crippen molar-refractivity contribution in [3.05, 3.63) is 65.1 Å². The molecular weight excluding hydrogens is 281 g/mol. The van der Waals surface area contributed by atoms with Gasteiger partial charge in [0, 0.05) is 0 Å². The van der Waals surface area contributed by atoms with E-state index in [0.717, 1.165) is 0 Å². The van der Waals surface area contributed by atoms with E-state index in [9.17, 15) is 12.3 Å². The lowest BCUT2D eigenvalue weighted by atomic mass is 10.4. The van der Waals surface area contributed by atoms with Gasteiger partial charge in [0.15, 0.2) is 0 Å². The second kappa shape index (κ2) is 8.64. The van der Waals surface area contributed by atoms with Crippen molar-refractivity contribution in [2.24, 2.45) is 0 Å². The van der Waals surface area contributed by atoms with Crippen molar-refractivity contribution in [3.63, 3.8) is 0 Å². The van der Waals surface area contributed by atoms with Gasteiger partial charge >= 0.3 is 10.2 Å². The van der Waals surface area contributed by atoms with Gasteiger partial charge in [-0.15, -0.1) is 14.0 Å². The fraction of sp³-hybridized carbons (Fsp3) is 0. The highest BCUT2D eigenvalue weighted by Gasteiger charge is 2.08. The van der Waals surface area contributed by atoms with Gasteiger partial charge in [0.05, 0.1) is 17.4 Å². The fourth-order valence-corrected chi connectivity index (χ4v) is 1.29. The van der Waals surface area contributed by atoms with Gasteiger partial charge in [0.25, 0.3) is 5.09 Å². The molecule has 1 aromatic carbocycles. The molecule has 0 unspecified atom stereocenters. The fourth-order valence-electron chi connectivity index (χ4n) is 0.810. The molecule has 0 saturated heterocycles. The standard InChI is InChI=1S/C6H5FO2S.C4H4O.HNO3/c7-10(8,9)6-4-2-1-3-5-6;1-2-4-5-3-1;2-1(3)4/h1-5H;1-4H;(H,2,3,4). The summed E-state index contributed by atoms with van der Waals surface area (Å²) in [6.07, 6.45) is 3.25. The number of hydrogen-bond acceptors (Lipinski definition) is 5. The molecule has 0 radical (unpaired) electrons. The van der Waals surface area contributed by atoms with Crippen LogP contribution in [0.5, 0.6) is 0 Å². The van der Waals surface area contributed by atoms with Crippen molar-refractivity contribution in [3.8, 4) is 0 Å². The van der Waals surface area contributed by atoms with E-state index in [-0.39, 0.29) is 4.90 Å². The van der Waals surface area contributed by atoms with Crippen LogP contribution in [0.15, 0.2) is 64.3 Å². The molecule has 104 valence electrons. The van der Waals surface area contributed by atoms with E-state index in [1.54, 1.807) is 18.6 Å². The van der Waals surface area contributed by atoms with E-state index >= 15 is 0 Å². The number of furan rings is 1. The number of benzene rings is 1. The number of rotatable bonds is 1. The highest BCUT2D eigenvalue weighted by molar-refractivity contribution is 7.86. The van der Waals surface area contributed by atoms with Crippen LogP contribution in [0.4, 0.5) is 3.89 Å². The van der Waals surface area contributed by atoms with Crippen LogP contribution < -0.4 is 0 Å². The summed E-state index contributed by atoms with van der Waals surface area (Å²) in [6, 6.07) is 10.6. The minimum atomic E-state index is -4.50. The number of hydrogen-bond donors (Lipinski definition) is 1. The zero-order valence-electron chi connectivity index (χ0n) is 9.42. The van der Waals surface area contributed by atoms with E-state index in [1.807, 2.05) is 12.1 Å². The van der Waals surface area contributed by atoms with Gasteiger partial charge in [0.1, 0.15) is 0 Å². The Morgan fingerprint density at radius 1 is 1.11 bits per heavy atom. The molecule has 0 aliphatic carbocycles. The first-order chi connectivity index (χ1) is 8.84. The van der Waals surface area contributed by atoms with Gasteiger partial charge in [0.2, 0.25) is 0 Å². The summed E-state index contributed by atoms with van der Waals surface area (Å²) >= 11 is 0. The van der Waals surface area contributed by atoms with Crippen LogP contribution >= 0.6 is 0 Å². The molecule has 0 amide bonds. The summed E-state index contributed by atoms with van der Waals surface area (Å²) in [6.45, 7) is 0. The lowest BCUT2D eigenvalue weighted by Crippen LogP contribution is -1.89. The molecule has 2 rings (SSSR count). The molecule has 0 bridgehead atoms. The van der Waals surface area contributed by atoms with Crippen LogP contribution in [0.3, 0.4) is 0 Å². The van der Waals surface area contributed by atoms with Gasteiger partial charge in [-0.05, 0) is 24.3 Å². The van der Waals surface area contributed by atoms with Gasteiger partial charge < -0.3 is 9.62 Å². The predicted octanol–water partition coefficient (Wildman–Crippen LogP) is 2.28. The number of nitrogens with zero attached hydrogens (tertiary/aromatic N) is 1. The lowest BCUT2D eigenvalue weighted by molar-refractivity contribution is -0.742. The molecule has 1 aromatic heterocycles. The average Bonchev–Trinajstić information content (AvgIpc) is 2.87. The molecule has 0 atom stereocenters. The van der Waals surface area contributed by atoms with Crippen LogP contribution in [0.2, 0.25) is 0 Å². The largest absolute Gasteiger partial charge is 0.473 e. The van der Waals surface area contributed by atoms with Gasteiger partial charge in [-0.25, -0.2) is 0 Å². The highest BCUT2D eigenvalue weighted by Crippen LogP contribution is 2.09. The quantitative estimate of drug-likeness (QED) is 0.490. The average molecular weight is 291 g/mol. The summed E-state index contributed by atoms with van der Waals surface area (Å²) in [5, 5.41) is 13.6. The van der Waals surface area contributed by atoms with E-state index in [2.05, 4.69) is 4.42 Å². The first kappa shape index (κ1) is 16.6. The topological polar surface area (TPSA) is 111 Å². The van der Waals surface area contributed by atoms with Crippen LogP contribution in [0.25, 0.3) is 0 Å². The Morgan fingerprint density at radius 2 is 1.53 bits per heavy atom. The molecule has 1 N–H and O–H groups in total. The number of halogens is 1. The summed E-state index contributed by atoms with van der Waals surface area (Å²) in [7, 11) is -4.50. The maximum absolute atomic E-state index is 12.1. The third kappa shape index (κ3) is 10.5. The minimum Gasteiger partial charge on any atom is -0.473 e. The Hall–Kier alpha value is -2.42. The third-order valence-corrected chi connectivity index (χ3v) is 2.29. The second-order valence-electron chi connectivity index (χ2n) is 2.78. The van der Waals surface area contributed by atoms with E-state index < -0.39 is 15.3 Å². The zero-order chi connectivity index (χ0) is 14.7. The monoisotopic (exact) mass is 291 g/mol.